The number of hydrogen-bond donors (Lipinski definition) is 2. The second-order valence-corrected chi connectivity index (χ2v) is 9.52. The summed E-state index contributed by atoms with van der Waals surface area (Å²) >= 11 is 0. The van der Waals surface area contributed by atoms with Crippen LogP contribution in [0.25, 0.3) is 11.0 Å². The third-order valence-electron chi connectivity index (χ3n) is 7.13. The average Bonchev–Trinajstić information content (AvgIpc) is 2.82. The molecule has 2 fully saturated rings. The predicted octanol–water partition coefficient (Wildman–Crippen LogP) is 2.78. The molecule has 34 heavy (non-hydrogen) atoms. The molecular weight excluding hydrogens is 436 g/mol. The first-order chi connectivity index (χ1) is 16.4. The fraction of sp³-hybridized carbons (Fsp3) is 0.577. The van der Waals surface area contributed by atoms with Crippen LogP contribution in [0.15, 0.2) is 33.5 Å². The fourth-order valence-corrected chi connectivity index (χ4v) is 5.24. The molecule has 1 aliphatic heterocycles. The van der Waals surface area contributed by atoms with Crippen molar-refractivity contribution in [2.75, 3.05) is 26.2 Å². The number of rotatable bonds is 8. The van der Waals surface area contributed by atoms with Crippen molar-refractivity contribution >= 4 is 22.8 Å². The zero-order valence-corrected chi connectivity index (χ0v) is 19.8. The van der Waals surface area contributed by atoms with Gasteiger partial charge in [0.2, 0.25) is 5.91 Å². The van der Waals surface area contributed by atoms with Crippen LogP contribution >= 0.6 is 0 Å². The molecule has 2 heterocycles. The number of amides is 2. The van der Waals surface area contributed by atoms with Crippen molar-refractivity contribution < 1.29 is 23.8 Å². The molecule has 2 amide bonds. The van der Waals surface area contributed by atoms with Crippen LogP contribution in [0.4, 0.5) is 0 Å². The van der Waals surface area contributed by atoms with E-state index in [1.165, 1.54) is 6.07 Å². The first-order valence-electron chi connectivity index (χ1n) is 12.3. The molecule has 0 unspecified atom stereocenters. The molecule has 8 nitrogen and oxygen atoms in total. The molecule has 0 bridgehead atoms. The van der Waals surface area contributed by atoms with Gasteiger partial charge in [0.15, 0.2) is 6.61 Å². The minimum atomic E-state index is -0.608. The number of carbonyl (C=O) groups is 2. The van der Waals surface area contributed by atoms with Crippen molar-refractivity contribution in [3.8, 4) is 5.75 Å². The highest BCUT2D eigenvalue weighted by atomic mass is 16.5. The molecule has 8 heteroatoms. The van der Waals surface area contributed by atoms with Crippen molar-refractivity contribution in [2.24, 2.45) is 5.92 Å². The van der Waals surface area contributed by atoms with Crippen LogP contribution < -0.4 is 15.7 Å². The number of nitrogens with one attached hydrogen (secondary N) is 1. The van der Waals surface area contributed by atoms with E-state index in [0.29, 0.717) is 30.8 Å². The van der Waals surface area contributed by atoms with Crippen LogP contribution in [0.5, 0.6) is 5.75 Å². The number of fused-ring (bicyclic) bond motifs is 2. The molecule has 2 N–H and O–H groups in total. The van der Waals surface area contributed by atoms with Gasteiger partial charge in [-0.1, -0.05) is 26.2 Å². The maximum atomic E-state index is 12.6. The SMILES string of the molecule is CCCc1cc(=O)oc2cc(OCC(=O)NCCC(=O)N3CC[C@]4(O)CCCC[C@H]4C3)ccc12. The quantitative estimate of drug-likeness (QED) is 0.575. The standard InChI is InChI=1S/C26H34N2O6/c1-2-5-18-14-25(31)34-22-15-20(7-8-21(18)22)33-17-23(29)27-12-9-24(30)28-13-11-26(32)10-4-3-6-19(26)16-28/h7-8,14-15,19,32H,2-6,9-13,16-17H2,1H3,(H,27,29)/t19-,26+/m0/s1. The minimum absolute atomic E-state index is 0.00119. The first-order valence-corrected chi connectivity index (χ1v) is 12.3. The van der Waals surface area contributed by atoms with E-state index in [4.69, 9.17) is 9.15 Å². The lowest BCUT2D eigenvalue weighted by Crippen LogP contribution is -2.54. The zero-order valence-electron chi connectivity index (χ0n) is 19.8. The summed E-state index contributed by atoms with van der Waals surface area (Å²) in [5.74, 6) is 0.269. The molecule has 1 aromatic carbocycles. The van der Waals surface area contributed by atoms with E-state index < -0.39 is 11.2 Å². The second-order valence-electron chi connectivity index (χ2n) is 9.52. The Balaban J connectivity index is 1.23. The molecule has 4 rings (SSSR count). The molecule has 2 atom stereocenters. The molecule has 2 aromatic rings. The Morgan fingerprint density at radius 1 is 1.26 bits per heavy atom. The highest BCUT2D eigenvalue weighted by Gasteiger charge is 2.43. The number of aryl methyl sites for hydroxylation is 1. The maximum absolute atomic E-state index is 12.6. The van der Waals surface area contributed by atoms with Gasteiger partial charge in [-0.05, 0) is 43.4 Å². The number of nitrogens with zero attached hydrogens (tertiary/aromatic N) is 1. The number of likely N-dealkylation sites (tertiary alicyclic amines) is 1. The first kappa shape index (κ1) is 24.3. The molecule has 1 saturated heterocycles. The van der Waals surface area contributed by atoms with Gasteiger partial charge in [0.25, 0.3) is 5.91 Å². The summed E-state index contributed by atoms with van der Waals surface area (Å²) in [6.45, 7) is 3.26. The van der Waals surface area contributed by atoms with E-state index in [-0.39, 0.29) is 37.3 Å². The van der Waals surface area contributed by atoms with E-state index in [1.54, 1.807) is 12.1 Å². The summed E-state index contributed by atoms with van der Waals surface area (Å²) in [5.41, 5.74) is 0.358. The van der Waals surface area contributed by atoms with Gasteiger partial charge in [-0.25, -0.2) is 4.79 Å². The molecule has 2 aliphatic rings. The number of piperidine rings is 1. The number of carbonyl (C=O) groups excluding carboxylic acids is 2. The molecule has 0 spiro atoms. The van der Waals surface area contributed by atoms with Crippen LogP contribution in [-0.4, -0.2) is 53.7 Å². The molecule has 1 aliphatic carbocycles. The van der Waals surface area contributed by atoms with Crippen LogP contribution in [0, 0.1) is 5.92 Å². The summed E-state index contributed by atoms with van der Waals surface area (Å²) in [5, 5.41) is 14.4. The van der Waals surface area contributed by atoms with E-state index >= 15 is 0 Å². The van der Waals surface area contributed by atoms with Crippen molar-refractivity contribution in [1.29, 1.82) is 0 Å². The van der Waals surface area contributed by atoms with E-state index in [9.17, 15) is 19.5 Å². The summed E-state index contributed by atoms with van der Waals surface area (Å²) in [6, 6.07) is 6.72. The summed E-state index contributed by atoms with van der Waals surface area (Å²) in [4.78, 5) is 38.4. The normalized spacial score (nSPS) is 22.3. The lowest BCUT2D eigenvalue weighted by Gasteiger charge is -2.47. The van der Waals surface area contributed by atoms with Gasteiger partial charge in [-0.15, -0.1) is 0 Å². The molecule has 1 saturated carbocycles. The fourth-order valence-electron chi connectivity index (χ4n) is 5.24. The Kier molecular flexibility index (Phi) is 7.56. The second kappa shape index (κ2) is 10.6. The van der Waals surface area contributed by atoms with Gasteiger partial charge in [-0.3, -0.25) is 9.59 Å². The maximum Gasteiger partial charge on any atom is 0.336 e. The van der Waals surface area contributed by atoms with Crippen LogP contribution in [0.1, 0.15) is 57.4 Å². The third-order valence-corrected chi connectivity index (χ3v) is 7.13. The smallest absolute Gasteiger partial charge is 0.336 e. The molecular formula is C26H34N2O6. The Morgan fingerprint density at radius 3 is 2.94 bits per heavy atom. The van der Waals surface area contributed by atoms with Crippen LogP contribution in [0.2, 0.25) is 0 Å². The van der Waals surface area contributed by atoms with Crippen molar-refractivity contribution in [2.45, 2.75) is 63.9 Å². The van der Waals surface area contributed by atoms with Crippen molar-refractivity contribution in [3.63, 3.8) is 0 Å². The number of benzene rings is 1. The van der Waals surface area contributed by atoms with E-state index in [0.717, 1.165) is 49.5 Å². The minimum Gasteiger partial charge on any atom is -0.484 e. The average molecular weight is 471 g/mol. The van der Waals surface area contributed by atoms with E-state index in [1.807, 2.05) is 17.9 Å². The zero-order chi connectivity index (χ0) is 24.1. The Morgan fingerprint density at radius 2 is 2.12 bits per heavy atom. The molecule has 1 aromatic heterocycles. The van der Waals surface area contributed by atoms with Gasteiger partial charge in [0.1, 0.15) is 11.3 Å². The number of hydrogen-bond acceptors (Lipinski definition) is 6. The molecule has 184 valence electrons. The van der Waals surface area contributed by atoms with Crippen molar-refractivity contribution in [1.82, 2.24) is 10.2 Å². The van der Waals surface area contributed by atoms with Gasteiger partial charge in [0.05, 0.1) is 5.60 Å². The predicted molar refractivity (Wildman–Crippen MR) is 128 cm³/mol. The lowest BCUT2D eigenvalue weighted by atomic mass is 9.71. The van der Waals surface area contributed by atoms with Crippen LogP contribution in [0.3, 0.4) is 0 Å². The lowest BCUT2D eigenvalue weighted by molar-refractivity contribution is -0.143. The Labute approximate surface area is 199 Å². The summed E-state index contributed by atoms with van der Waals surface area (Å²) in [7, 11) is 0. The highest BCUT2D eigenvalue weighted by molar-refractivity contribution is 5.82. The van der Waals surface area contributed by atoms with Gasteiger partial charge >= 0.3 is 5.63 Å². The highest BCUT2D eigenvalue weighted by Crippen LogP contribution is 2.39. The number of aliphatic hydroxyl groups is 1. The Bertz CT molecular complexity index is 1100. The van der Waals surface area contributed by atoms with Gasteiger partial charge < -0.3 is 24.5 Å². The Hall–Kier alpha value is -2.87. The van der Waals surface area contributed by atoms with Gasteiger partial charge in [-0.2, -0.15) is 0 Å². The van der Waals surface area contributed by atoms with E-state index in [2.05, 4.69) is 5.32 Å². The van der Waals surface area contributed by atoms with Crippen LogP contribution in [-0.2, 0) is 16.0 Å². The van der Waals surface area contributed by atoms with Gasteiger partial charge in [0, 0.05) is 49.5 Å². The largest absolute Gasteiger partial charge is 0.484 e. The van der Waals surface area contributed by atoms with Crippen molar-refractivity contribution in [3.05, 3.63) is 40.2 Å². The monoisotopic (exact) mass is 470 g/mol. The summed E-state index contributed by atoms with van der Waals surface area (Å²) < 4.78 is 10.9. The molecule has 0 radical (unpaired) electrons. The number of ether oxygens (including phenoxy) is 1. The summed E-state index contributed by atoms with van der Waals surface area (Å²) in [6.07, 6.45) is 6.51. The third kappa shape index (κ3) is 5.60. The topological polar surface area (TPSA) is 109 Å².